The Morgan fingerprint density at radius 1 is 1.13 bits per heavy atom. The molecular formula is C22H14ClFN2O3S. The van der Waals surface area contributed by atoms with Crippen molar-refractivity contribution in [3.63, 3.8) is 0 Å². The van der Waals surface area contributed by atoms with Gasteiger partial charge in [0.25, 0.3) is 5.91 Å². The molecule has 30 heavy (non-hydrogen) atoms. The normalized spacial score (nSPS) is 15.8. The van der Waals surface area contributed by atoms with Gasteiger partial charge in [0.1, 0.15) is 11.4 Å². The van der Waals surface area contributed by atoms with Gasteiger partial charge in [-0.15, -0.1) is 11.3 Å². The Morgan fingerprint density at radius 3 is 2.53 bits per heavy atom. The summed E-state index contributed by atoms with van der Waals surface area (Å²) >= 11 is 7.43. The van der Waals surface area contributed by atoms with Gasteiger partial charge in [-0.2, -0.15) is 0 Å². The average Bonchev–Trinajstić information content (AvgIpc) is 3.20. The van der Waals surface area contributed by atoms with Crippen LogP contribution in [-0.4, -0.2) is 10.9 Å². The van der Waals surface area contributed by atoms with Crippen LogP contribution in [0.25, 0.3) is 11.0 Å². The van der Waals surface area contributed by atoms with E-state index in [1.165, 1.54) is 34.4 Å². The van der Waals surface area contributed by atoms with Gasteiger partial charge in [-0.3, -0.25) is 14.5 Å². The molecule has 0 spiro atoms. The van der Waals surface area contributed by atoms with Crippen LogP contribution in [0.4, 0.5) is 9.52 Å². The van der Waals surface area contributed by atoms with Crippen LogP contribution >= 0.6 is 22.9 Å². The third-order valence-electron chi connectivity index (χ3n) is 5.24. The topological polar surface area (TPSA) is 63.4 Å². The first-order valence-electron chi connectivity index (χ1n) is 9.14. The van der Waals surface area contributed by atoms with E-state index in [4.69, 9.17) is 16.0 Å². The molecule has 0 bridgehead atoms. The molecule has 0 N–H and O–H groups in total. The van der Waals surface area contributed by atoms with Gasteiger partial charge >= 0.3 is 0 Å². The predicted octanol–water partition coefficient (Wildman–Crippen LogP) is 5.41. The van der Waals surface area contributed by atoms with E-state index in [1.54, 1.807) is 24.3 Å². The van der Waals surface area contributed by atoms with Crippen molar-refractivity contribution < 1.29 is 13.6 Å². The number of anilines is 1. The molecule has 0 unspecified atom stereocenters. The molecule has 0 fully saturated rings. The second-order valence-electron chi connectivity index (χ2n) is 7.08. The van der Waals surface area contributed by atoms with Crippen LogP contribution < -0.4 is 10.3 Å². The quantitative estimate of drug-likeness (QED) is 0.418. The molecular weight excluding hydrogens is 427 g/mol. The molecule has 3 heterocycles. The minimum absolute atomic E-state index is 0.0327. The number of thiazole rings is 1. The predicted molar refractivity (Wildman–Crippen MR) is 114 cm³/mol. The molecule has 0 radical (unpaired) electrons. The van der Waals surface area contributed by atoms with E-state index in [1.807, 2.05) is 13.8 Å². The van der Waals surface area contributed by atoms with Crippen molar-refractivity contribution in [2.75, 3.05) is 4.90 Å². The van der Waals surface area contributed by atoms with Gasteiger partial charge in [0.2, 0.25) is 5.76 Å². The monoisotopic (exact) mass is 440 g/mol. The highest BCUT2D eigenvalue weighted by molar-refractivity contribution is 7.15. The number of carbonyl (C=O) groups excluding carboxylic acids is 1. The first-order valence-corrected chi connectivity index (χ1v) is 10.3. The molecule has 0 aliphatic carbocycles. The van der Waals surface area contributed by atoms with Crippen molar-refractivity contribution >= 4 is 44.9 Å². The second-order valence-corrected chi connectivity index (χ2v) is 8.70. The lowest BCUT2D eigenvalue weighted by Crippen LogP contribution is -2.29. The lowest BCUT2D eigenvalue weighted by Gasteiger charge is -2.22. The smallest absolute Gasteiger partial charge is 0.297 e. The second kappa shape index (κ2) is 6.75. The number of hydrogen-bond acceptors (Lipinski definition) is 5. The Labute approximate surface area is 179 Å². The van der Waals surface area contributed by atoms with Crippen LogP contribution in [0.5, 0.6) is 0 Å². The zero-order chi connectivity index (χ0) is 21.2. The highest BCUT2D eigenvalue weighted by atomic mass is 35.5. The molecule has 5 rings (SSSR count). The highest BCUT2D eigenvalue weighted by Gasteiger charge is 2.45. The van der Waals surface area contributed by atoms with Crippen LogP contribution in [0, 0.1) is 19.7 Å². The number of carbonyl (C=O) groups is 1. The summed E-state index contributed by atoms with van der Waals surface area (Å²) < 4.78 is 19.4. The average molecular weight is 441 g/mol. The summed E-state index contributed by atoms with van der Waals surface area (Å²) in [5.74, 6) is -0.898. The minimum atomic E-state index is -0.780. The molecule has 2 aromatic carbocycles. The van der Waals surface area contributed by atoms with Crippen molar-refractivity contribution in [1.29, 1.82) is 0 Å². The van der Waals surface area contributed by atoms with Crippen LogP contribution in [-0.2, 0) is 0 Å². The van der Waals surface area contributed by atoms with E-state index in [9.17, 15) is 14.0 Å². The molecule has 4 aromatic rings. The van der Waals surface area contributed by atoms with E-state index in [0.717, 1.165) is 10.6 Å². The third-order valence-corrected chi connectivity index (χ3v) is 6.55. The van der Waals surface area contributed by atoms with Crippen LogP contribution in [0.3, 0.4) is 0 Å². The SMILES string of the molecule is Cc1nc(N2C(=O)c3oc4ccc(Cl)cc4c(=O)c3[C@@H]2c2ccc(F)cc2)sc1C. The fourth-order valence-corrected chi connectivity index (χ4v) is 4.77. The number of rotatable bonds is 2. The number of aryl methyl sites for hydroxylation is 2. The van der Waals surface area contributed by atoms with E-state index in [-0.39, 0.29) is 27.7 Å². The Morgan fingerprint density at radius 2 is 1.87 bits per heavy atom. The lowest BCUT2D eigenvalue weighted by molar-refractivity contribution is 0.0971. The fourth-order valence-electron chi connectivity index (χ4n) is 3.66. The summed E-state index contributed by atoms with van der Waals surface area (Å²) in [5, 5.41) is 1.13. The molecule has 5 nitrogen and oxygen atoms in total. The molecule has 0 saturated heterocycles. The largest absolute Gasteiger partial charge is 0.450 e. The van der Waals surface area contributed by atoms with Crippen molar-refractivity contribution in [1.82, 2.24) is 4.98 Å². The first-order chi connectivity index (χ1) is 14.3. The maximum Gasteiger partial charge on any atom is 0.297 e. The van der Waals surface area contributed by atoms with E-state index >= 15 is 0 Å². The Hall–Kier alpha value is -3.03. The molecule has 1 aliphatic rings. The summed E-state index contributed by atoms with van der Waals surface area (Å²) in [6.07, 6.45) is 0. The van der Waals surface area contributed by atoms with Crippen LogP contribution in [0.2, 0.25) is 5.02 Å². The number of amides is 1. The van der Waals surface area contributed by atoms with Crippen molar-refractivity contribution in [3.8, 4) is 0 Å². The van der Waals surface area contributed by atoms with Gasteiger partial charge in [0.05, 0.1) is 22.7 Å². The number of nitrogens with zero attached hydrogens (tertiary/aromatic N) is 2. The summed E-state index contributed by atoms with van der Waals surface area (Å²) in [7, 11) is 0. The number of halogens is 2. The Bertz CT molecular complexity index is 1370. The summed E-state index contributed by atoms with van der Waals surface area (Å²) in [6.45, 7) is 3.77. The molecule has 1 atom stereocenters. The van der Waals surface area contributed by atoms with Crippen molar-refractivity contribution in [2.45, 2.75) is 19.9 Å². The van der Waals surface area contributed by atoms with E-state index in [2.05, 4.69) is 4.98 Å². The minimum Gasteiger partial charge on any atom is -0.450 e. The fraction of sp³-hybridized carbons (Fsp3) is 0.136. The summed E-state index contributed by atoms with van der Waals surface area (Å²) in [5.41, 5.74) is 1.52. The van der Waals surface area contributed by atoms with E-state index in [0.29, 0.717) is 15.7 Å². The zero-order valence-corrected chi connectivity index (χ0v) is 17.5. The standard InChI is InChI=1S/C22H14ClFN2O3S/c1-10-11(2)30-22(25-10)26-18(12-3-6-14(24)7-4-12)17-19(27)15-9-13(23)5-8-16(15)29-20(17)21(26)28/h3-9,18H,1-2H3/t18-/m0/s1. The Kier molecular flexibility index (Phi) is 4.27. The number of hydrogen-bond donors (Lipinski definition) is 0. The van der Waals surface area contributed by atoms with Gasteiger partial charge < -0.3 is 4.42 Å². The number of aromatic nitrogens is 1. The molecule has 8 heteroatoms. The van der Waals surface area contributed by atoms with Gasteiger partial charge in [-0.25, -0.2) is 9.37 Å². The van der Waals surface area contributed by atoms with Gasteiger partial charge in [-0.1, -0.05) is 23.7 Å². The number of fused-ring (bicyclic) bond motifs is 2. The number of benzene rings is 2. The highest BCUT2D eigenvalue weighted by Crippen LogP contribution is 2.43. The van der Waals surface area contributed by atoms with Crippen LogP contribution in [0.1, 0.15) is 38.3 Å². The maximum absolute atomic E-state index is 13.6. The van der Waals surface area contributed by atoms with Crippen LogP contribution in [0.15, 0.2) is 51.7 Å². The van der Waals surface area contributed by atoms with Crippen molar-refractivity contribution in [2.24, 2.45) is 0 Å². The van der Waals surface area contributed by atoms with Gasteiger partial charge in [0, 0.05) is 9.90 Å². The molecule has 2 aromatic heterocycles. The molecule has 150 valence electrons. The third kappa shape index (κ3) is 2.77. The zero-order valence-electron chi connectivity index (χ0n) is 15.9. The molecule has 0 saturated carbocycles. The van der Waals surface area contributed by atoms with Crippen molar-refractivity contribution in [3.05, 3.63) is 91.0 Å². The van der Waals surface area contributed by atoms with Gasteiger partial charge in [0.15, 0.2) is 10.6 Å². The first kappa shape index (κ1) is 19.0. The van der Waals surface area contributed by atoms with Gasteiger partial charge in [-0.05, 0) is 49.7 Å². The maximum atomic E-state index is 13.6. The summed E-state index contributed by atoms with van der Waals surface area (Å²) in [6, 6.07) is 9.63. The lowest BCUT2D eigenvalue weighted by atomic mass is 9.99. The molecule has 1 amide bonds. The van der Waals surface area contributed by atoms with E-state index < -0.39 is 17.8 Å². The molecule has 1 aliphatic heterocycles. The summed E-state index contributed by atoms with van der Waals surface area (Å²) in [4.78, 5) is 33.8. The Balaban J connectivity index is 1.82.